The van der Waals surface area contributed by atoms with Crippen molar-refractivity contribution in [2.24, 2.45) is 11.8 Å². The molecule has 3 aromatic carbocycles. The lowest BCUT2D eigenvalue weighted by Gasteiger charge is -2.38. The summed E-state index contributed by atoms with van der Waals surface area (Å²) in [4.78, 5) is 0. The highest BCUT2D eigenvalue weighted by Gasteiger charge is 2.43. The molecule has 9 heteroatoms. The number of aryl methyl sites for hydroxylation is 1. The maximum Gasteiger partial charge on any atom is 0.389 e. The van der Waals surface area contributed by atoms with Crippen LogP contribution < -0.4 is 0 Å². The van der Waals surface area contributed by atoms with E-state index in [9.17, 15) is 35.1 Å². The number of rotatable bonds is 10. The van der Waals surface area contributed by atoms with Crippen LogP contribution in [0.2, 0.25) is 0 Å². The Balaban J connectivity index is 1.13. The summed E-state index contributed by atoms with van der Waals surface area (Å²) >= 11 is 0. The first-order chi connectivity index (χ1) is 21.5. The minimum Gasteiger partial charge on any atom is -0.313 e. The Morgan fingerprint density at radius 2 is 1.24 bits per heavy atom. The average molecular weight is 639 g/mol. The Hall–Kier alpha value is -2.94. The second kappa shape index (κ2) is 14.2. The number of ether oxygens (including phenoxy) is 1. The van der Waals surface area contributed by atoms with Crippen molar-refractivity contribution >= 4 is 0 Å². The van der Waals surface area contributed by atoms with Crippen LogP contribution in [0.3, 0.4) is 0 Å². The molecule has 3 aromatic rings. The van der Waals surface area contributed by atoms with Gasteiger partial charge in [-0.15, -0.1) is 0 Å². The molecule has 1 nitrogen and oxygen atoms in total. The van der Waals surface area contributed by atoms with Crippen molar-refractivity contribution in [1.82, 2.24) is 0 Å². The fourth-order valence-corrected chi connectivity index (χ4v) is 7.23. The van der Waals surface area contributed by atoms with Gasteiger partial charge in [0, 0.05) is 5.56 Å². The molecular formula is C36H38F8O. The minimum atomic E-state index is -4.07. The number of alkyl halides is 2. The first kappa shape index (κ1) is 33.4. The van der Waals surface area contributed by atoms with Crippen LogP contribution in [0, 0.1) is 46.7 Å². The van der Waals surface area contributed by atoms with Gasteiger partial charge in [-0.2, -0.15) is 8.78 Å². The van der Waals surface area contributed by atoms with Gasteiger partial charge in [-0.3, -0.25) is 0 Å². The molecule has 45 heavy (non-hydrogen) atoms. The fourth-order valence-electron chi connectivity index (χ4n) is 7.23. The standard InChI is InChI=1S/C36H38F8O/c1-2-3-4-5-21-16-30(38)34(31(39)17-21)36(43,44)45-27-13-10-23(11-14-27)22-6-8-24(9-7-22)25-12-15-28(29(37)18-25)26-19-32(40)35(42)33(41)20-26/h12,15-20,22-24,27H,2-11,13-14H2,1H3. The van der Waals surface area contributed by atoms with Gasteiger partial charge in [-0.25, -0.2) is 26.3 Å². The van der Waals surface area contributed by atoms with Crippen molar-refractivity contribution < 1.29 is 39.9 Å². The summed E-state index contributed by atoms with van der Waals surface area (Å²) in [5.74, 6) is -6.78. The Labute approximate surface area is 259 Å². The smallest absolute Gasteiger partial charge is 0.313 e. The van der Waals surface area contributed by atoms with E-state index < -0.39 is 52.7 Å². The van der Waals surface area contributed by atoms with Gasteiger partial charge in [-0.05, 0) is 129 Å². The van der Waals surface area contributed by atoms with Crippen LogP contribution in [-0.4, -0.2) is 6.10 Å². The molecule has 0 aliphatic heterocycles. The van der Waals surface area contributed by atoms with E-state index in [1.54, 1.807) is 6.07 Å². The van der Waals surface area contributed by atoms with Crippen LogP contribution in [0.5, 0.6) is 0 Å². The molecule has 0 amide bonds. The summed E-state index contributed by atoms with van der Waals surface area (Å²) in [6.07, 6.45) is 3.57. The third-order valence-electron chi connectivity index (χ3n) is 9.69. The number of halogens is 8. The Morgan fingerprint density at radius 3 is 1.80 bits per heavy atom. The zero-order valence-electron chi connectivity index (χ0n) is 25.3. The molecule has 2 aliphatic rings. The van der Waals surface area contributed by atoms with Crippen molar-refractivity contribution in [2.75, 3.05) is 0 Å². The summed E-state index contributed by atoms with van der Waals surface area (Å²) in [6.45, 7) is 2.00. The highest BCUT2D eigenvalue weighted by molar-refractivity contribution is 5.65. The average Bonchev–Trinajstić information content (AvgIpc) is 2.99. The summed E-state index contributed by atoms with van der Waals surface area (Å²) in [5, 5.41) is 0. The van der Waals surface area contributed by atoms with Gasteiger partial charge in [0.15, 0.2) is 17.5 Å². The molecule has 0 bridgehead atoms. The van der Waals surface area contributed by atoms with E-state index in [2.05, 4.69) is 0 Å². The molecule has 0 atom stereocenters. The molecule has 0 saturated heterocycles. The molecule has 0 heterocycles. The van der Waals surface area contributed by atoms with Gasteiger partial charge < -0.3 is 4.74 Å². The summed E-state index contributed by atoms with van der Waals surface area (Å²) in [7, 11) is 0. The van der Waals surface area contributed by atoms with Gasteiger partial charge >= 0.3 is 6.11 Å². The lowest BCUT2D eigenvalue weighted by atomic mass is 9.69. The lowest BCUT2D eigenvalue weighted by Crippen LogP contribution is -2.33. The van der Waals surface area contributed by atoms with Crippen LogP contribution in [0.4, 0.5) is 35.1 Å². The molecule has 5 rings (SSSR count). The van der Waals surface area contributed by atoms with E-state index in [-0.39, 0.29) is 17.0 Å². The molecule has 2 saturated carbocycles. The van der Waals surface area contributed by atoms with Crippen LogP contribution in [0.1, 0.15) is 100 Å². The van der Waals surface area contributed by atoms with Crippen LogP contribution in [-0.2, 0) is 17.3 Å². The molecule has 2 fully saturated rings. The lowest BCUT2D eigenvalue weighted by molar-refractivity contribution is -0.281. The fraction of sp³-hybridized carbons (Fsp3) is 0.500. The number of hydrogen-bond acceptors (Lipinski definition) is 1. The van der Waals surface area contributed by atoms with Crippen molar-refractivity contribution in [3.05, 3.63) is 94.1 Å². The largest absolute Gasteiger partial charge is 0.389 e. The minimum absolute atomic E-state index is 0.0142. The van der Waals surface area contributed by atoms with Crippen LogP contribution >= 0.6 is 0 Å². The zero-order chi connectivity index (χ0) is 32.3. The first-order valence-electron chi connectivity index (χ1n) is 15.9. The van der Waals surface area contributed by atoms with Crippen molar-refractivity contribution in [2.45, 2.75) is 102 Å². The van der Waals surface area contributed by atoms with Crippen molar-refractivity contribution in [3.63, 3.8) is 0 Å². The topological polar surface area (TPSA) is 9.23 Å². The molecule has 2 aliphatic carbocycles. The maximum atomic E-state index is 15.0. The predicted octanol–water partition coefficient (Wildman–Crippen LogP) is 11.5. The summed E-state index contributed by atoms with van der Waals surface area (Å²) < 4.78 is 120. The monoisotopic (exact) mass is 638 g/mol. The maximum absolute atomic E-state index is 15.0. The Morgan fingerprint density at radius 1 is 0.667 bits per heavy atom. The highest BCUT2D eigenvalue weighted by Crippen LogP contribution is 2.45. The van der Waals surface area contributed by atoms with Crippen LogP contribution in [0.25, 0.3) is 11.1 Å². The molecule has 0 aromatic heterocycles. The normalized spacial score (nSPS) is 22.5. The van der Waals surface area contributed by atoms with Gasteiger partial charge in [0.1, 0.15) is 23.0 Å². The van der Waals surface area contributed by atoms with E-state index >= 15 is 0 Å². The van der Waals surface area contributed by atoms with Gasteiger partial charge in [0.25, 0.3) is 0 Å². The SMILES string of the molecule is CCCCCc1cc(F)c(C(F)(F)OC2CCC(C3CCC(c4ccc(-c5cc(F)c(F)c(F)c5)c(F)c4)CC3)CC2)c(F)c1. The molecule has 0 radical (unpaired) electrons. The highest BCUT2D eigenvalue weighted by atomic mass is 19.3. The third kappa shape index (κ3) is 7.72. The molecule has 244 valence electrons. The molecule has 0 spiro atoms. The molecule has 0 N–H and O–H groups in total. The van der Waals surface area contributed by atoms with Gasteiger partial charge in [0.05, 0.1) is 6.10 Å². The van der Waals surface area contributed by atoms with Crippen molar-refractivity contribution in [3.8, 4) is 11.1 Å². The predicted molar refractivity (Wildman–Crippen MR) is 157 cm³/mol. The Bertz CT molecular complexity index is 1430. The van der Waals surface area contributed by atoms with Crippen LogP contribution in [0.15, 0.2) is 42.5 Å². The van der Waals surface area contributed by atoms with Gasteiger partial charge in [0.2, 0.25) is 0 Å². The second-order valence-electron chi connectivity index (χ2n) is 12.7. The second-order valence-corrected chi connectivity index (χ2v) is 12.7. The zero-order valence-corrected chi connectivity index (χ0v) is 25.3. The van der Waals surface area contributed by atoms with E-state index in [0.29, 0.717) is 49.5 Å². The van der Waals surface area contributed by atoms with Gasteiger partial charge in [-0.1, -0.05) is 31.9 Å². The first-order valence-corrected chi connectivity index (χ1v) is 15.9. The number of unbranched alkanes of at least 4 members (excludes halogenated alkanes) is 2. The summed E-state index contributed by atoms with van der Waals surface area (Å²) in [5.41, 5.74) is -0.287. The van der Waals surface area contributed by atoms with E-state index in [1.807, 2.05) is 6.92 Å². The van der Waals surface area contributed by atoms with Crippen molar-refractivity contribution in [1.29, 1.82) is 0 Å². The summed E-state index contributed by atoms with van der Waals surface area (Å²) in [6, 6.07) is 8.06. The third-order valence-corrected chi connectivity index (χ3v) is 9.69. The number of hydrogen-bond donors (Lipinski definition) is 0. The van der Waals surface area contributed by atoms with E-state index in [4.69, 9.17) is 4.74 Å². The quantitative estimate of drug-likeness (QED) is 0.122. The van der Waals surface area contributed by atoms with E-state index in [1.165, 1.54) is 12.1 Å². The number of benzene rings is 3. The molecule has 0 unspecified atom stereocenters. The Kier molecular flexibility index (Phi) is 10.6. The molecular weight excluding hydrogens is 600 g/mol. The van der Waals surface area contributed by atoms with E-state index in [0.717, 1.165) is 74.8 Å².